The van der Waals surface area contributed by atoms with Crippen molar-refractivity contribution in [1.29, 1.82) is 0 Å². The fourth-order valence-corrected chi connectivity index (χ4v) is 5.29. The molecule has 1 N–H and O–H groups in total. The van der Waals surface area contributed by atoms with Crippen molar-refractivity contribution in [1.82, 2.24) is 9.62 Å². The number of amides is 1. The molecule has 7 heteroatoms. The monoisotopic (exact) mass is 418 g/mol. The van der Waals surface area contributed by atoms with Crippen LogP contribution in [0.3, 0.4) is 0 Å². The Bertz CT molecular complexity index is 990. The van der Waals surface area contributed by atoms with Gasteiger partial charge in [-0.15, -0.1) is 0 Å². The first-order valence-corrected chi connectivity index (χ1v) is 11.3. The van der Waals surface area contributed by atoms with Crippen molar-refractivity contribution in [2.45, 2.75) is 44.6 Å². The van der Waals surface area contributed by atoms with Crippen LogP contribution < -0.4 is 5.32 Å². The number of benzene rings is 2. The Kier molecular flexibility index (Phi) is 6.39. The lowest BCUT2D eigenvalue weighted by Crippen LogP contribution is -2.45. The van der Waals surface area contributed by atoms with E-state index in [0.717, 1.165) is 28.8 Å². The van der Waals surface area contributed by atoms with Gasteiger partial charge in [0, 0.05) is 13.1 Å². The van der Waals surface area contributed by atoms with Gasteiger partial charge in [-0.3, -0.25) is 4.79 Å². The highest BCUT2D eigenvalue weighted by molar-refractivity contribution is 7.89. The Morgan fingerprint density at radius 2 is 1.86 bits per heavy atom. The second-order valence-corrected chi connectivity index (χ2v) is 9.68. The van der Waals surface area contributed by atoms with Crippen LogP contribution in [0.1, 0.15) is 42.5 Å². The van der Waals surface area contributed by atoms with Crippen LogP contribution in [0.2, 0.25) is 0 Å². The van der Waals surface area contributed by atoms with Crippen LogP contribution in [-0.2, 0) is 14.8 Å². The van der Waals surface area contributed by atoms with Crippen LogP contribution in [0.15, 0.2) is 47.4 Å². The van der Waals surface area contributed by atoms with Crippen molar-refractivity contribution in [2.24, 2.45) is 5.92 Å². The quantitative estimate of drug-likeness (QED) is 0.805. The molecule has 2 unspecified atom stereocenters. The van der Waals surface area contributed by atoms with Crippen molar-refractivity contribution in [3.05, 3.63) is 65.0 Å². The molecule has 1 saturated heterocycles. The molecule has 5 nitrogen and oxygen atoms in total. The number of halogens is 1. The third-order valence-electron chi connectivity index (χ3n) is 5.47. The lowest BCUT2D eigenvalue weighted by Gasteiger charge is -2.32. The van der Waals surface area contributed by atoms with E-state index in [0.29, 0.717) is 19.4 Å². The van der Waals surface area contributed by atoms with E-state index in [-0.39, 0.29) is 23.4 Å². The summed E-state index contributed by atoms with van der Waals surface area (Å²) in [5.41, 5.74) is 3.29. The Morgan fingerprint density at radius 1 is 1.17 bits per heavy atom. The first-order valence-electron chi connectivity index (χ1n) is 9.81. The Hall–Kier alpha value is -2.25. The summed E-state index contributed by atoms with van der Waals surface area (Å²) in [5.74, 6) is -1.04. The highest BCUT2D eigenvalue weighted by Gasteiger charge is 2.33. The van der Waals surface area contributed by atoms with E-state index in [1.54, 1.807) is 0 Å². The maximum absolute atomic E-state index is 13.1. The van der Waals surface area contributed by atoms with E-state index in [1.807, 2.05) is 32.9 Å². The predicted octanol–water partition coefficient (Wildman–Crippen LogP) is 3.72. The van der Waals surface area contributed by atoms with E-state index in [4.69, 9.17) is 0 Å². The summed E-state index contributed by atoms with van der Waals surface area (Å²) in [6.45, 7) is 6.45. The molecule has 29 heavy (non-hydrogen) atoms. The first kappa shape index (κ1) is 21.5. The molecule has 1 aliphatic heterocycles. The number of hydrogen-bond acceptors (Lipinski definition) is 3. The second-order valence-electron chi connectivity index (χ2n) is 7.75. The number of carbonyl (C=O) groups excluding carboxylic acids is 1. The standard InChI is InChI=1S/C22H27FN2O3S/c1-15-6-7-16(2)21(13-15)17(3)24-22(26)18-5-4-12-25(14-18)29(27,28)20-10-8-19(23)9-11-20/h6-11,13,17-18H,4-5,12,14H2,1-3H3,(H,24,26). The van der Waals surface area contributed by atoms with Crippen molar-refractivity contribution < 1.29 is 17.6 Å². The zero-order valence-corrected chi connectivity index (χ0v) is 17.8. The molecule has 1 fully saturated rings. The van der Waals surface area contributed by atoms with E-state index in [2.05, 4.69) is 11.4 Å². The van der Waals surface area contributed by atoms with Gasteiger partial charge in [0.15, 0.2) is 0 Å². The lowest BCUT2D eigenvalue weighted by atomic mass is 9.96. The fourth-order valence-electron chi connectivity index (χ4n) is 3.77. The summed E-state index contributed by atoms with van der Waals surface area (Å²) >= 11 is 0. The molecule has 3 rings (SSSR count). The van der Waals surface area contributed by atoms with E-state index < -0.39 is 21.8 Å². The first-order chi connectivity index (χ1) is 13.7. The normalized spacial score (nSPS) is 19.0. The molecule has 2 aromatic carbocycles. The average molecular weight is 419 g/mol. The Balaban J connectivity index is 1.70. The number of carbonyl (C=O) groups is 1. The predicted molar refractivity (Wildman–Crippen MR) is 110 cm³/mol. The van der Waals surface area contributed by atoms with Gasteiger partial charge in [-0.2, -0.15) is 4.31 Å². The molecule has 0 bridgehead atoms. The molecule has 0 saturated carbocycles. The summed E-state index contributed by atoms with van der Waals surface area (Å²) in [7, 11) is -3.75. The SMILES string of the molecule is Cc1ccc(C)c(C(C)NC(=O)C2CCCN(S(=O)(=O)c3ccc(F)cc3)C2)c1. The summed E-state index contributed by atoms with van der Waals surface area (Å²) in [6, 6.07) is 10.8. The number of hydrogen-bond donors (Lipinski definition) is 1. The van der Waals surface area contributed by atoms with Gasteiger partial charge >= 0.3 is 0 Å². The van der Waals surface area contributed by atoms with Gasteiger partial charge in [0.2, 0.25) is 15.9 Å². The minimum absolute atomic E-state index is 0.0451. The third kappa shape index (κ3) is 4.85. The smallest absolute Gasteiger partial charge is 0.243 e. The molecule has 1 heterocycles. The molecule has 0 radical (unpaired) electrons. The largest absolute Gasteiger partial charge is 0.349 e. The lowest BCUT2D eigenvalue weighted by molar-refractivity contribution is -0.126. The Morgan fingerprint density at radius 3 is 2.55 bits per heavy atom. The van der Waals surface area contributed by atoms with Gasteiger partial charge in [-0.1, -0.05) is 23.8 Å². The van der Waals surface area contributed by atoms with Crippen LogP contribution in [0.25, 0.3) is 0 Å². The minimum Gasteiger partial charge on any atom is -0.349 e. The van der Waals surface area contributed by atoms with Crippen LogP contribution in [0.4, 0.5) is 4.39 Å². The van der Waals surface area contributed by atoms with Crippen molar-refractivity contribution in [3.8, 4) is 0 Å². The van der Waals surface area contributed by atoms with E-state index in [9.17, 15) is 17.6 Å². The van der Waals surface area contributed by atoms with Crippen LogP contribution in [0.5, 0.6) is 0 Å². The summed E-state index contributed by atoms with van der Waals surface area (Å²) in [6.07, 6.45) is 1.25. The molecular weight excluding hydrogens is 391 g/mol. The van der Waals surface area contributed by atoms with Gasteiger partial charge in [0.25, 0.3) is 0 Å². The molecule has 1 aliphatic rings. The number of nitrogens with one attached hydrogen (secondary N) is 1. The van der Waals surface area contributed by atoms with Gasteiger partial charge < -0.3 is 5.32 Å². The van der Waals surface area contributed by atoms with E-state index >= 15 is 0 Å². The van der Waals surface area contributed by atoms with Crippen molar-refractivity contribution >= 4 is 15.9 Å². The van der Waals surface area contributed by atoms with Crippen LogP contribution in [-0.4, -0.2) is 31.7 Å². The van der Waals surface area contributed by atoms with Gasteiger partial charge in [-0.05, 0) is 69.0 Å². The summed E-state index contributed by atoms with van der Waals surface area (Å²) in [4.78, 5) is 12.9. The summed E-state index contributed by atoms with van der Waals surface area (Å²) < 4.78 is 40.2. The molecule has 0 aromatic heterocycles. The molecule has 0 aliphatic carbocycles. The number of rotatable bonds is 5. The average Bonchev–Trinajstić information content (AvgIpc) is 2.70. The number of sulfonamides is 1. The zero-order valence-electron chi connectivity index (χ0n) is 17.0. The Labute approximate surface area is 172 Å². The van der Waals surface area contributed by atoms with Gasteiger partial charge in [-0.25, -0.2) is 12.8 Å². The van der Waals surface area contributed by atoms with Crippen molar-refractivity contribution in [3.63, 3.8) is 0 Å². The summed E-state index contributed by atoms with van der Waals surface area (Å²) in [5, 5.41) is 3.04. The number of piperidine rings is 1. The molecule has 2 aromatic rings. The topological polar surface area (TPSA) is 66.5 Å². The highest BCUT2D eigenvalue weighted by atomic mass is 32.2. The molecule has 1 amide bonds. The molecule has 2 atom stereocenters. The highest BCUT2D eigenvalue weighted by Crippen LogP contribution is 2.25. The van der Waals surface area contributed by atoms with Gasteiger partial charge in [0.1, 0.15) is 5.82 Å². The maximum atomic E-state index is 13.1. The molecule has 156 valence electrons. The molecular formula is C22H27FN2O3S. The minimum atomic E-state index is -3.75. The number of nitrogens with zero attached hydrogens (tertiary/aromatic N) is 1. The maximum Gasteiger partial charge on any atom is 0.243 e. The fraction of sp³-hybridized carbons (Fsp3) is 0.409. The van der Waals surface area contributed by atoms with Crippen LogP contribution >= 0.6 is 0 Å². The second kappa shape index (κ2) is 8.63. The zero-order chi connectivity index (χ0) is 21.2. The van der Waals surface area contributed by atoms with Crippen molar-refractivity contribution in [2.75, 3.05) is 13.1 Å². The molecule has 0 spiro atoms. The van der Waals surface area contributed by atoms with E-state index in [1.165, 1.54) is 16.4 Å². The number of aryl methyl sites for hydroxylation is 2. The van der Waals surface area contributed by atoms with Crippen LogP contribution in [0, 0.1) is 25.6 Å². The third-order valence-corrected chi connectivity index (χ3v) is 7.35. The van der Waals surface area contributed by atoms with Gasteiger partial charge in [0.05, 0.1) is 16.9 Å².